The molecule has 0 aliphatic rings. The first-order valence-electron chi connectivity index (χ1n) is 8.67. The highest BCUT2D eigenvalue weighted by atomic mass is 32.2. The van der Waals surface area contributed by atoms with Crippen molar-refractivity contribution in [2.24, 2.45) is 0 Å². The fourth-order valence-electron chi connectivity index (χ4n) is 2.81. The molecule has 0 bridgehead atoms. The van der Waals surface area contributed by atoms with Crippen LogP contribution in [-0.2, 0) is 16.4 Å². The van der Waals surface area contributed by atoms with Crippen molar-refractivity contribution >= 4 is 27.0 Å². The number of fused-ring (bicyclic) bond motifs is 1. The Labute approximate surface area is 158 Å². The Balaban J connectivity index is 1.60. The van der Waals surface area contributed by atoms with Crippen molar-refractivity contribution in [3.63, 3.8) is 0 Å². The molecule has 2 aromatic carbocycles. The number of rotatable bonds is 7. The zero-order chi connectivity index (χ0) is 19.4. The van der Waals surface area contributed by atoms with Crippen LogP contribution in [0.3, 0.4) is 0 Å². The minimum Gasteiger partial charge on any atom is -0.352 e. The molecule has 0 aliphatic carbocycles. The van der Waals surface area contributed by atoms with E-state index in [1.54, 1.807) is 13.0 Å². The third-order valence-electron chi connectivity index (χ3n) is 4.35. The molecule has 142 valence electrons. The number of hydrogen-bond donors (Lipinski definition) is 3. The Hall–Kier alpha value is -2.71. The third kappa shape index (κ3) is 4.35. The van der Waals surface area contributed by atoms with Gasteiger partial charge in [0, 0.05) is 18.5 Å². The minimum absolute atomic E-state index is 0.0722. The van der Waals surface area contributed by atoms with Crippen LogP contribution < -0.4 is 10.0 Å². The van der Waals surface area contributed by atoms with Crippen LogP contribution >= 0.6 is 0 Å². The summed E-state index contributed by atoms with van der Waals surface area (Å²) in [4.78, 5) is 20.3. The zero-order valence-electron chi connectivity index (χ0n) is 15.2. The molecule has 0 aliphatic heterocycles. The second-order valence-electron chi connectivity index (χ2n) is 6.24. The van der Waals surface area contributed by atoms with Gasteiger partial charge in [0.2, 0.25) is 10.0 Å². The number of aryl methyl sites for hydroxylation is 2. The van der Waals surface area contributed by atoms with Crippen molar-refractivity contribution in [3.05, 3.63) is 59.4 Å². The van der Waals surface area contributed by atoms with Crippen LogP contribution in [-0.4, -0.2) is 37.9 Å². The van der Waals surface area contributed by atoms with Gasteiger partial charge in [-0.2, -0.15) is 0 Å². The molecule has 0 radical (unpaired) electrons. The number of hydrogen-bond acceptors (Lipinski definition) is 4. The number of carbonyl (C=O) groups is 1. The number of nitrogens with zero attached hydrogens (tertiary/aromatic N) is 1. The van der Waals surface area contributed by atoms with Gasteiger partial charge >= 0.3 is 0 Å². The van der Waals surface area contributed by atoms with E-state index >= 15 is 0 Å². The average Bonchev–Trinajstić information content (AvgIpc) is 3.08. The lowest BCUT2D eigenvalue weighted by Gasteiger charge is -2.10. The normalized spacial score (nSPS) is 11.6. The first kappa shape index (κ1) is 19.1. The highest BCUT2D eigenvalue weighted by Gasteiger charge is 2.16. The van der Waals surface area contributed by atoms with E-state index < -0.39 is 10.0 Å². The van der Waals surface area contributed by atoms with Crippen molar-refractivity contribution in [1.29, 1.82) is 0 Å². The lowest BCUT2D eigenvalue weighted by atomic mass is 10.1. The molecule has 3 aromatic rings. The van der Waals surface area contributed by atoms with E-state index in [-0.39, 0.29) is 10.8 Å². The van der Waals surface area contributed by atoms with Gasteiger partial charge in [-0.15, -0.1) is 0 Å². The predicted molar refractivity (Wildman–Crippen MR) is 104 cm³/mol. The quantitative estimate of drug-likeness (QED) is 0.541. The van der Waals surface area contributed by atoms with Gasteiger partial charge in [0.1, 0.15) is 5.82 Å². The van der Waals surface area contributed by atoms with Crippen LogP contribution in [0.2, 0.25) is 0 Å². The summed E-state index contributed by atoms with van der Waals surface area (Å²) in [6, 6.07) is 12.3. The number of aromatic amines is 1. The maximum Gasteiger partial charge on any atom is 0.251 e. The summed E-state index contributed by atoms with van der Waals surface area (Å²) in [5, 5.41) is 2.84. The van der Waals surface area contributed by atoms with Crippen LogP contribution in [0.5, 0.6) is 0 Å². The molecule has 1 aromatic heterocycles. The van der Waals surface area contributed by atoms with Gasteiger partial charge in [-0.1, -0.05) is 18.2 Å². The lowest BCUT2D eigenvalue weighted by molar-refractivity contribution is 0.0952. The number of aromatic nitrogens is 2. The summed E-state index contributed by atoms with van der Waals surface area (Å²) in [5.41, 5.74) is 3.00. The lowest BCUT2D eigenvalue weighted by Crippen LogP contribution is -2.26. The number of carbonyl (C=O) groups excluding carboxylic acids is 1. The van der Waals surface area contributed by atoms with Gasteiger partial charge in [0.15, 0.2) is 0 Å². The number of amides is 1. The smallest absolute Gasteiger partial charge is 0.251 e. The largest absolute Gasteiger partial charge is 0.352 e. The van der Waals surface area contributed by atoms with E-state index in [0.29, 0.717) is 18.5 Å². The van der Waals surface area contributed by atoms with Crippen molar-refractivity contribution in [3.8, 4) is 0 Å². The summed E-state index contributed by atoms with van der Waals surface area (Å²) in [7, 11) is -2.25. The third-order valence-corrected chi connectivity index (χ3v) is 5.76. The summed E-state index contributed by atoms with van der Waals surface area (Å²) >= 11 is 0. The highest BCUT2D eigenvalue weighted by molar-refractivity contribution is 7.89. The van der Waals surface area contributed by atoms with Crippen LogP contribution in [0, 0.1) is 6.92 Å². The SMILES string of the molecule is CNS(=O)(=O)c1ccc(C)c(C(=O)NCCCc2nc3ccccc3[nH]2)c1. The van der Waals surface area contributed by atoms with Crippen molar-refractivity contribution in [1.82, 2.24) is 20.0 Å². The highest BCUT2D eigenvalue weighted by Crippen LogP contribution is 2.16. The molecular formula is C19H22N4O3S. The van der Waals surface area contributed by atoms with E-state index in [4.69, 9.17) is 0 Å². The number of nitrogens with one attached hydrogen (secondary N) is 3. The summed E-state index contributed by atoms with van der Waals surface area (Å²) in [5.74, 6) is 0.592. The van der Waals surface area contributed by atoms with Gasteiger partial charge in [0.05, 0.1) is 15.9 Å². The molecule has 0 spiro atoms. The fraction of sp³-hybridized carbons (Fsp3) is 0.263. The molecule has 0 fully saturated rings. The molecule has 0 atom stereocenters. The van der Waals surface area contributed by atoms with Gasteiger partial charge in [-0.3, -0.25) is 4.79 Å². The van der Waals surface area contributed by atoms with Crippen molar-refractivity contribution in [2.75, 3.05) is 13.6 Å². The standard InChI is InChI=1S/C19H22N4O3S/c1-13-9-10-14(27(25,26)20-2)12-15(13)19(24)21-11-5-8-18-22-16-6-3-4-7-17(16)23-18/h3-4,6-7,9-10,12,20H,5,8,11H2,1-2H3,(H,21,24)(H,22,23). The summed E-state index contributed by atoms with van der Waals surface area (Å²) in [6.45, 7) is 2.25. The Bertz CT molecular complexity index is 1040. The van der Waals surface area contributed by atoms with Crippen LogP contribution in [0.25, 0.3) is 11.0 Å². The van der Waals surface area contributed by atoms with Crippen molar-refractivity contribution in [2.45, 2.75) is 24.7 Å². The van der Waals surface area contributed by atoms with Crippen LogP contribution in [0.4, 0.5) is 0 Å². The number of para-hydroxylation sites is 2. The van der Waals surface area contributed by atoms with E-state index in [1.807, 2.05) is 24.3 Å². The zero-order valence-corrected chi connectivity index (χ0v) is 16.1. The molecule has 8 heteroatoms. The van der Waals surface area contributed by atoms with Crippen LogP contribution in [0.1, 0.15) is 28.2 Å². The Morgan fingerprint density at radius 1 is 1.19 bits per heavy atom. The fourth-order valence-corrected chi connectivity index (χ4v) is 3.56. The molecule has 3 N–H and O–H groups in total. The van der Waals surface area contributed by atoms with E-state index in [1.165, 1.54) is 19.2 Å². The van der Waals surface area contributed by atoms with E-state index in [2.05, 4.69) is 20.0 Å². The average molecular weight is 386 g/mol. The predicted octanol–water partition coefficient (Wildman–Crippen LogP) is 2.14. The van der Waals surface area contributed by atoms with Gasteiger partial charge in [-0.05, 0) is 50.2 Å². The van der Waals surface area contributed by atoms with Gasteiger partial charge in [-0.25, -0.2) is 18.1 Å². The number of sulfonamides is 1. The summed E-state index contributed by atoms with van der Waals surface area (Å²) < 4.78 is 26.1. The molecule has 7 nitrogen and oxygen atoms in total. The van der Waals surface area contributed by atoms with E-state index in [0.717, 1.165) is 28.8 Å². The molecule has 27 heavy (non-hydrogen) atoms. The minimum atomic E-state index is -3.59. The first-order valence-corrected chi connectivity index (χ1v) is 10.1. The number of benzene rings is 2. The molecule has 0 saturated carbocycles. The molecule has 0 unspecified atom stereocenters. The topological polar surface area (TPSA) is 104 Å². The van der Waals surface area contributed by atoms with Crippen molar-refractivity contribution < 1.29 is 13.2 Å². The first-order chi connectivity index (χ1) is 12.9. The Morgan fingerprint density at radius 2 is 1.96 bits per heavy atom. The molecule has 1 amide bonds. The molecular weight excluding hydrogens is 364 g/mol. The summed E-state index contributed by atoms with van der Waals surface area (Å²) in [6.07, 6.45) is 1.43. The Morgan fingerprint density at radius 3 is 2.70 bits per heavy atom. The maximum atomic E-state index is 12.4. The Kier molecular flexibility index (Phi) is 5.57. The number of imidazole rings is 1. The second kappa shape index (κ2) is 7.89. The second-order valence-corrected chi connectivity index (χ2v) is 8.13. The molecule has 0 saturated heterocycles. The van der Waals surface area contributed by atoms with Gasteiger partial charge < -0.3 is 10.3 Å². The van der Waals surface area contributed by atoms with Gasteiger partial charge in [0.25, 0.3) is 5.91 Å². The van der Waals surface area contributed by atoms with E-state index in [9.17, 15) is 13.2 Å². The molecule has 3 rings (SSSR count). The monoisotopic (exact) mass is 386 g/mol. The molecule has 1 heterocycles. The maximum absolute atomic E-state index is 12.4. The van der Waals surface area contributed by atoms with Crippen LogP contribution in [0.15, 0.2) is 47.4 Å². The number of H-pyrrole nitrogens is 1.